The minimum absolute atomic E-state index is 0.0110. The lowest BCUT2D eigenvalue weighted by Gasteiger charge is -2.07. The number of benzene rings is 1. The van der Waals surface area contributed by atoms with Gasteiger partial charge in [-0.2, -0.15) is 0 Å². The van der Waals surface area contributed by atoms with Crippen molar-refractivity contribution >= 4 is 23.0 Å². The molecule has 134 valence electrons. The van der Waals surface area contributed by atoms with Crippen molar-refractivity contribution in [1.29, 1.82) is 0 Å². The second-order valence-corrected chi connectivity index (χ2v) is 6.73. The van der Waals surface area contributed by atoms with Crippen LogP contribution < -0.4 is 10.1 Å². The molecular weight excluding hydrogens is 352 g/mol. The van der Waals surface area contributed by atoms with E-state index >= 15 is 0 Å². The number of Topliss-reactive ketones (excluding diaryl/α,β-unsaturated/α-hetero) is 1. The molecule has 1 N–H and O–H groups in total. The van der Waals surface area contributed by atoms with E-state index in [0.717, 1.165) is 15.6 Å². The molecule has 0 aliphatic heterocycles. The summed E-state index contributed by atoms with van der Waals surface area (Å²) in [4.78, 5) is 28.6. The fourth-order valence-corrected chi connectivity index (χ4v) is 3.23. The fourth-order valence-electron chi connectivity index (χ4n) is 2.26. The zero-order chi connectivity index (χ0) is 18.5. The zero-order valence-electron chi connectivity index (χ0n) is 14.4. The summed E-state index contributed by atoms with van der Waals surface area (Å²) >= 11 is 1.49. The summed E-state index contributed by atoms with van der Waals surface area (Å²) in [6.07, 6.45) is 1.60. The van der Waals surface area contributed by atoms with E-state index in [1.165, 1.54) is 18.3 Å². The lowest BCUT2D eigenvalue weighted by atomic mass is 10.1. The van der Waals surface area contributed by atoms with Gasteiger partial charge in [0.25, 0.3) is 5.91 Å². The monoisotopic (exact) mass is 370 g/mol. The second-order valence-electron chi connectivity index (χ2n) is 5.65. The minimum atomic E-state index is -0.229. The Bertz CT molecular complexity index is 898. The third-order valence-electron chi connectivity index (χ3n) is 3.70. The highest BCUT2D eigenvalue weighted by Crippen LogP contribution is 2.28. The Hall–Kier alpha value is -2.93. The first kappa shape index (κ1) is 17.9. The number of carbonyl (C=O) groups excluding carboxylic acids is 2. The molecule has 0 atom stereocenters. The van der Waals surface area contributed by atoms with E-state index < -0.39 is 0 Å². The second kappa shape index (κ2) is 7.97. The van der Waals surface area contributed by atoms with Gasteiger partial charge in [0, 0.05) is 10.4 Å². The topological polar surface area (TPSA) is 81.4 Å². The lowest BCUT2D eigenvalue weighted by Crippen LogP contribution is -2.28. The molecule has 3 aromatic rings. The molecule has 3 rings (SSSR count). The van der Waals surface area contributed by atoms with E-state index in [4.69, 9.17) is 9.15 Å². The van der Waals surface area contributed by atoms with E-state index in [0.29, 0.717) is 23.6 Å². The van der Waals surface area contributed by atoms with Gasteiger partial charge < -0.3 is 14.5 Å². The predicted molar refractivity (Wildman–Crippen MR) is 98.3 cm³/mol. The Morgan fingerprint density at radius 2 is 2.00 bits per heavy atom. The van der Waals surface area contributed by atoms with Crippen LogP contribution >= 0.6 is 11.3 Å². The molecule has 26 heavy (non-hydrogen) atoms. The summed E-state index contributed by atoms with van der Waals surface area (Å²) in [5.41, 5.74) is 1.47. The molecule has 0 aliphatic carbocycles. The number of nitrogens with one attached hydrogen (secondary N) is 1. The standard InChI is InChI=1S/C19H18N2O4S/c1-12-17(26-19(21-12)16-4-3-9-24-16)10-20-18(23)11-25-15-7-5-14(6-8-15)13(2)22/h3-9H,10-11H2,1-2H3,(H,20,23). The number of hydrogen-bond acceptors (Lipinski definition) is 6. The number of furan rings is 1. The van der Waals surface area contributed by atoms with E-state index in [2.05, 4.69) is 10.3 Å². The molecule has 1 amide bonds. The first-order valence-electron chi connectivity index (χ1n) is 8.03. The Kier molecular flexibility index (Phi) is 5.48. The largest absolute Gasteiger partial charge is 0.484 e. The Morgan fingerprint density at radius 3 is 2.65 bits per heavy atom. The Morgan fingerprint density at radius 1 is 1.23 bits per heavy atom. The van der Waals surface area contributed by atoms with Crippen molar-refractivity contribution in [3.05, 3.63) is 58.8 Å². The van der Waals surface area contributed by atoms with Crippen LogP contribution in [0.3, 0.4) is 0 Å². The van der Waals surface area contributed by atoms with Crippen LogP contribution in [0.15, 0.2) is 47.1 Å². The van der Waals surface area contributed by atoms with E-state index in [1.807, 2.05) is 19.1 Å². The van der Waals surface area contributed by atoms with Crippen LogP contribution in [0.4, 0.5) is 0 Å². The van der Waals surface area contributed by atoms with Gasteiger partial charge in [-0.1, -0.05) is 0 Å². The molecule has 0 saturated heterocycles. The molecule has 0 radical (unpaired) electrons. The highest BCUT2D eigenvalue weighted by molar-refractivity contribution is 7.15. The summed E-state index contributed by atoms with van der Waals surface area (Å²) in [7, 11) is 0. The van der Waals surface area contributed by atoms with Gasteiger partial charge in [0.05, 0.1) is 18.5 Å². The molecule has 7 heteroatoms. The quantitative estimate of drug-likeness (QED) is 0.643. The molecular formula is C19H18N2O4S. The van der Waals surface area contributed by atoms with Crippen molar-refractivity contribution in [2.75, 3.05) is 6.61 Å². The SMILES string of the molecule is CC(=O)c1ccc(OCC(=O)NCc2sc(-c3ccco3)nc2C)cc1. The van der Waals surface area contributed by atoms with Crippen molar-refractivity contribution in [3.8, 4) is 16.5 Å². The number of carbonyl (C=O) groups is 2. The van der Waals surface area contributed by atoms with Crippen molar-refractivity contribution < 1.29 is 18.7 Å². The average Bonchev–Trinajstić information content (AvgIpc) is 3.28. The summed E-state index contributed by atoms with van der Waals surface area (Å²) in [6.45, 7) is 3.69. The summed E-state index contributed by atoms with van der Waals surface area (Å²) in [5.74, 6) is 1.02. The van der Waals surface area contributed by atoms with Gasteiger partial charge in [-0.15, -0.1) is 11.3 Å². The van der Waals surface area contributed by atoms with Crippen LogP contribution in [-0.4, -0.2) is 23.3 Å². The van der Waals surface area contributed by atoms with Gasteiger partial charge >= 0.3 is 0 Å². The van der Waals surface area contributed by atoms with Crippen molar-refractivity contribution in [1.82, 2.24) is 10.3 Å². The molecule has 0 aliphatic rings. The third-order valence-corrected chi connectivity index (χ3v) is 4.87. The molecule has 6 nitrogen and oxygen atoms in total. The maximum atomic E-state index is 12.0. The summed E-state index contributed by atoms with van der Waals surface area (Å²) in [6, 6.07) is 10.4. The fraction of sp³-hybridized carbons (Fsp3) is 0.211. The molecule has 2 heterocycles. The predicted octanol–water partition coefficient (Wildman–Crippen LogP) is 3.61. The maximum absolute atomic E-state index is 12.0. The normalized spacial score (nSPS) is 10.5. The molecule has 0 spiro atoms. The molecule has 2 aromatic heterocycles. The first-order chi connectivity index (χ1) is 12.5. The molecule has 1 aromatic carbocycles. The van der Waals surface area contributed by atoms with E-state index in [-0.39, 0.29) is 18.3 Å². The summed E-state index contributed by atoms with van der Waals surface area (Å²) in [5, 5.41) is 3.61. The average molecular weight is 370 g/mol. The molecule has 0 saturated carbocycles. The number of nitrogens with zero attached hydrogens (tertiary/aromatic N) is 1. The van der Waals surface area contributed by atoms with Gasteiger partial charge in [0.2, 0.25) is 0 Å². The number of rotatable bonds is 7. The van der Waals surface area contributed by atoms with Gasteiger partial charge in [0.1, 0.15) is 5.75 Å². The number of aromatic nitrogens is 1. The zero-order valence-corrected chi connectivity index (χ0v) is 15.3. The van der Waals surface area contributed by atoms with E-state index in [1.54, 1.807) is 30.5 Å². The van der Waals surface area contributed by atoms with Gasteiger partial charge in [0.15, 0.2) is 23.2 Å². The number of thiazole rings is 1. The van der Waals surface area contributed by atoms with Crippen LogP contribution in [0.2, 0.25) is 0 Å². The molecule has 0 bridgehead atoms. The van der Waals surface area contributed by atoms with E-state index in [9.17, 15) is 9.59 Å². The third kappa shape index (κ3) is 4.37. The minimum Gasteiger partial charge on any atom is -0.484 e. The highest BCUT2D eigenvalue weighted by Gasteiger charge is 2.12. The van der Waals surface area contributed by atoms with Crippen LogP contribution in [-0.2, 0) is 11.3 Å². The van der Waals surface area contributed by atoms with Gasteiger partial charge in [-0.3, -0.25) is 9.59 Å². The number of ketones is 1. The number of amides is 1. The lowest BCUT2D eigenvalue weighted by molar-refractivity contribution is -0.123. The number of aryl methyl sites for hydroxylation is 1. The molecule has 0 fully saturated rings. The van der Waals surface area contributed by atoms with Crippen molar-refractivity contribution in [2.24, 2.45) is 0 Å². The van der Waals surface area contributed by atoms with Crippen LogP contribution in [0, 0.1) is 6.92 Å². The number of hydrogen-bond donors (Lipinski definition) is 1. The van der Waals surface area contributed by atoms with Gasteiger partial charge in [-0.05, 0) is 50.2 Å². The highest BCUT2D eigenvalue weighted by atomic mass is 32.1. The smallest absolute Gasteiger partial charge is 0.258 e. The number of ether oxygens (including phenoxy) is 1. The Balaban J connectivity index is 1.50. The van der Waals surface area contributed by atoms with Crippen LogP contribution in [0.5, 0.6) is 5.75 Å². The van der Waals surface area contributed by atoms with Crippen molar-refractivity contribution in [2.45, 2.75) is 20.4 Å². The van der Waals surface area contributed by atoms with Crippen molar-refractivity contribution in [3.63, 3.8) is 0 Å². The van der Waals surface area contributed by atoms with Gasteiger partial charge in [-0.25, -0.2) is 4.98 Å². The summed E-state index contributed by atoms with van der Waals surface area (Å²) < 4.78 is 10.8. The first-order valence-corrected chi connectivity index (χ1v) is 8.85. The van der Waals surface area contributed by atoms with Crippen LogP contribution in [0.25, 0.3) is 10.8 Å². The van der Waals surface area contributed by atoms with Crippen LogP contribution in [0.1, 0.15) is 27.9 Å². The maximum Gasteiger partial charge on any atom is 0.258 e. The molecule has 0 unspecified atom stereocenters. The Labute approximate surface area is 154 Å².